The molecular weight excluding hydrogens is 296 g/mol. The van der Waals surface area contributed by atoms with Gasteiger partial charge in [0, 0.05) is 24.5 Å². The minimum atomic E-state index is -3.16. The van der Waals surface area contributed by atoms with Crippen molar-refractivity contribution >= 4 is 21.4 Å². The van der Waals surface area contributed by atoms with E-state index in [4.69, 9.17) is 4.74 Å². The molecule has 0 aromatic carbocycles. The molecule has 1 N–H and O–H groups in total. The maximum Gasteiger partial charge on any atom is 0.211 e. The van der Waals surface area contributed by atoms with E-state index in [2.05, 4.69) is 15.7 Å². The van der Waals surface area contributed by atoms with E-state index in [0.717, 1.165) is 13.1 Å². The van der Waals surface area contributed by atoms with E-state index < -0.39 is 10.0 Å². The molecule has 1 saturated heterocycles. The average molecular weight is 318 g/mol. The molecule has 20 heavy (non-hydrogen) atoms. The van der Waals surface area contributed by atoms with Crippen LogP contribution in [0, 0.1) is 0 Å². The second-order valence-corrected chi connectivity index (χ2v) is 7.75. The minimum Gasteiger partial charge on any atom is -0.379 e. The van der Waals surface area contributed by atoms with Crippen LogP contribution in [0.5, 0.6) is 0 Å². The zero-order valence-electron chi connectivity index (χ0n) is 11.7. The predicted octanol–water partition coefficient (Wildman–Crippen LogP) is 1.45. The van der Waals surface area contributed by atoms with E-state index in [0.29, 0.717) is 26.2 Å². The first-order valence-electron chi connectivity index (χ1n) is 6.95. The van der Waals surface area contributed by atoms with E-state index >= 15 is 0 Å². The van der Waals surface area contributed by atoms with Crippen molar-refractivity contribution < 1.29 is 13.2 Å². The molecule has 7 heteroatoms. The first-order chi connectivity index (χ1) is 9.62. The highest BCUT2D eigenvalue weighted by Gasteiger charge is 2.24. The molecule has 5 nitrogen and oxygen atoms in total. The number of thiophene rings is 1. The van der Waals surface area contributed by atoms with Gasteiger partial charge in [0.05, 0.1) is 25.0 Å². The fourth-order valence-electron chi connectivity index (χ4n) is 2.33. The van der Waals surface area contributed by atoms with Crippen molar-refractivity contribution in [1.82, 2.24) is 9.62 Å². The number of hydrogen-bond acceptors (Lipinski definition) is 5. The third-order valence-electron chi connectivity index (χ3n) is 3.33. The molecule has 0 saturated carbocycles. The zero-order chi connectivity index (χ0) is 14.4. The minimum absolute atomic E-state index is 0.102. The molecule has 1 fully saturated rings. The molecule has 1 aliphatic heterocycles. The Kier molecular flexibility index (Phi) is 5.98. The molecule has 1 aromatic heterocycles. The Bertz CT molecular complexity index is 482. The highest BCUT2D eigenvalue weighted by atomic mass is 32.2. The van der Waals surface area contributed by atoms with E-state index in [1.165, 1.54) is 4.88 Å². The molecule has 0 radical (unpaired) electrons. The number of sulfonamides is 1. The summed E-state index contributed by atoms with van der Waals surface area (Å²) < 4.78 is 31.8. The summed E-state index contributed by atoms with van der Waals surface area (Å²) in [5, 5.41) is 2.03. The van der Waals surface area contributed by atoms with Crippen LogP contribution in [-0.2, 0) is 14.8 Å². The van der Waals surface area contributed by atoms with Gasteiger partial charge in [-0.15, -0.1) is 11.3 Å². The van der Waals surface area contributed by atoms with Crippen LogP contribution in [0.25, 0.3) is 0 Å². The van der Waals surface area contributed by atoms with Crippen LogP contribution in [0.3, 0.4) is 0 Å². The van der Waals surface area contributed by atoms with E-state index in [9.17, 15) is 8.42 Å². The molecular formula is C13H22N2O3S2. The van der Waals surface area contributed by atoms with Gasteiger partial charge in [-0.2, -0.15) is 0 Å². The molecule has 1 aliphatic rings. The van der Waals surface area contributed by atoms with E-state index in [-0.39, 0.29) is 11.8 Å². The third kappa shape index (κ3) is 4.53. The van der Waals surface area contributed by atoms with Crippen LogP contribution >= 0.6 is 11.3 Å². The molecule has 0 spiro atoms. The molecule has 1 aromatic rings. The standard InChI is InChI=1S/C13H22N2O3S2/c1-2-10-20(16,17)14-11-12(13-4-3-9-19-13)15-5-7-18-8-6-15/h3-4,9,12,14H,2,5-8,10-11H2,1H3. The first-order valence-corrected chi connectivity index (χ1v) is 9.48. The van der Waals surface area contributed by atoms with Crippen LogP contribution in [-0.4, -0.2) is 51.9 Å². The van der Waals surface area contributed by atoms with Gasteiger partial charge in [-0.3, -0.25) is 4.90 Å². The summed E-state index contributed by atoms with van der Waals surface area (Å²) >= 11 is 1.67. The van der Waals surface area contributed by atoms with Gasteiger partial charge in [0.15, 0.2) is 0 Å². The van der Waals surface area contributed by atoms with Gasteiger partial charge in [0.1, 0.15) is 0 Å². The second-order valence-electron chi connectivity index (χ2n) is 4.85. The predicted molar refractivity (Wildman–Crippen MR) is 81.5 cm³/mol. The van der Waals surface area contributed by atoms with Crippen molar-refractivity contribution in [2.75, 3.05) is 38.6 Å². The van der Waals surface area contributed by atoms with Gasteiger partial charge >= 0.3 is 0 Å². The van der Waals surface area contributed by atoms with Gasteiger partial charge in [-0.1, -0.05) is 13.0 Å². The lowest BCUT2D eigenvalue weighted by Crippen LogP contribution is -2.43. The summed E-state index contributed by atoms with van der Waals surface area (Å²) in [4.78, 5) is 3.50. The lowest BCUT2D eigenvalue weighted by Gasteiger charge is -2.34. The Labute approximate surface area is 125 Å². The fraction of sp³-hybridized carbons (Fsp3) is 0.692. The summed E-state index contributed by atoms with van der Waals surface area (Å²) in [5.41, 5.74) is 0. The van der Waals surface area contributed by atoms with Crippen LogP contribution in [0.4, 0.5) is 0 Å². The number of rotatable bonds is 7. The van der Waals surface area contributed by atoms with Gasteiger partial charge in [0.2, 0.25) is 10.0 Å². The third-order valence-corrected chi connectivity index (χ3v) is 5.85. The maximum atomic E-state index is 11.8. The van der Waals surface area contributed by atoms with Crippen molar-refractivity contribution in [2.45, 2.75) is 19.4 Å². The fourth-order valence-corrected chi connectivity index (χ4v) is 4.28. The van der Waals surface area contributed by atoms with Crippen LogP contribution < -0.4 is 4.72 Å². The van der Waals surface area contributed by atoms with Crippen LogP contribution in [0.1, 0.15) is 24.3 Å². The lowest BCUT2D eigenvalue weighted by molar-refractivity contribution is 0.0179. The Morgan fingerprint density at radius 2 is 2.20 bits per heavy atom. The maximum absolute atomic E-state index is 11.8. The molecule has 114 valence electrons. The summed E-state index contributed by atoms with van der Waals surface area (Å²) in [6.07, 6.45) is 0.635. The van der Waals surface area contributed by atoms with Crippen molar-refractivity contribution in [3.63, 3.8) is 0 Å². The first kappa shape index (κ1) is 15.9. The van der Waals surface area contributed by atoms with Crippen LogP contribution in [0.2, 0.25) is 0 Å². The van der Waals surface area contributed by atoms with E-state index in [1.54, 1.807) is 11.3 Å². The number of ether oxygens (including phenoxy) is 1. The molecule has 2 rings (SSSR count). The normalized spacial score (nSPS) is 19.1. The van der Waals surface area contributed by atoms with Gasteiger partial charge in [-0.25, -0.2) is 13.1 Å². The highest BCUT2D eigenvalue weighted by Crippen LogP contribution is 2.25. The van der Waals surface area contributed by atoms with E-state index in [1.807, 2.05) is 18.4 Å². The van der Waals surface area contributed by atoms with Gasteiger partial charge in [-0.05, 0) is 17.9 Å². The molecule has 0 amide bonds. The molecule has 0 bridgehead atoms. The summed E-state index contributed by atoms with van der Waals surface area (Å²) in [5.74, 6) is 0.188. The Morgan fingerprint density at radius 3 is 2.80 bits per heavy atom. The second kappa shape index (κ2) is 7.51. The zero-order valence-corrected chi connectivity index (χ0v) is 13.4. The van der Waals surface area contributed by atoms with Crippen molar-refractivity contribution in [2.24, 2.45) is 0 Å². The Morgan fingerprint density at radius 1 is 1.45 bits per heavy atom. The highest BCUT2D eigenvalue weighted by molar-refractivity contribution is 7.89. The smallest absolute Gasteiger partial charge is 0.211 e. The van der Waals surface area contributed by atoms with Gasteiger partial charge < -0.3 is 4.74 Å². The number of hydrogen-bond donors (Lipinski definition) is 1. The number of nitrogens with one attached hydrogen (secondary N) is 1. The summed E-state index contributed by atoms with van der Waals surface area (Å²) in [7, 11) is -3.16. The Hall–Kier alpha value is -0.470. The number of morpholine rings is 1. The average Bonchev–Trinajstić information content (AvgIpc) is 2.94. The molecule has 1 atom stereocenters. The monoisotopic (exact) mass is 318 g/mol. The molecule has 0 aliphatic carbocycles. The Balaban J connectivity index is 2.03. The molecule has 2 heterocycles. The summed E-state index contributed by atoms with van der Waals surface area (Å²) in [6, 6.07) is 4.18. The largest absolute Gasteiger partial charge is 0.379 e. The number of nitrogens with zero attached hydrogens (tertiary/aromatic N) is 1. The lowest BCUT2D eigenvalue weighted by atomic mass is 10.2. The summed E-state index contributed by atoms with van der Waals surface area (Å²) in [6.45, 7) is 5.42. The SMILES string of the molecule is CCCS(=O)(=O)NCC(c1cccs1)N1CCOCC1. The van der Waals surface area contributed by atoms with Crippen molar-refractivity contribution in [3.8, 4) is 0 Å². The van der Waals surface area contributed by atoms with Crippen LogP contribution in [0.15, 0.2) is 17.5 Å². The quantitative estimate of drug-likeness (QED) is 0.827. The van der Waals surface area contributed by atoms with Gasteiger partial charge in [0.25, 0.3) is 0 Å². The van der Waals surface area contributed by atoms with Crippen molar-refractivity contribution in [3.05, 3.63) is 22.4 Å². The topological polar surface area (TPSA) is 58.6 Å². The molecule has 1 unspecified atom stereocenters. The van der Waals surface area contributed by atoms with Crippen molar-refractivity contribution in [1.29, 1.82) is 0 Å².